The van der Waals surface area contributed by atoms with Gasteiger partial charge in [0.2, 0.25) is 0 Å². The number of carbonyl (C=O) groups excluding carboxylic acids is 1. The maximum absolute atomic E-state index is 12.5. The zero-order valence-corrected chi connectivity index (χ0v) is 11.9. The molecule has 4 heteroatoms. The van der Waals surface area contributed by atoms with Gasteiger partial charge >= 0.3 is 0 Å². The van der Waals surface area contributed by atoms with Gasteiger partial charge in [0.1, 0.15) is 0 Å². The number of halogens is 1. The van der Waals surface area contributed by atoms with Crippen LogP contribution in [-0.4, -0.2) is 12.8 Å². The van der Waals surface area contributed by atoms with Crippen molar-refractivity contribution in [3.63, 3.8) is 0 Å². The molecule has 0 fully saturated rings. The summed E-state index contributed by atoms with van der Waals surface area (Å²) in [5.41, 5.74) is 1.25. The van der Waals surface area contributed by atoms with Gasteiger partial charge in [0.05, 0.1) is 15.6 Å². The highest BCUT2D eigenvalue weighted by Crippen LogP contribution is 2.31. The minimum absolute atomic E-state index is 0.0269. The molecule has 0 aliphatic heterocycles. The van der Waals surface area contributed by atoms with E-state index in [0.29, 0.717) is 16.1 Å². The first-order valence-corrected chi connectivity index (χ1v) is 6.96. The second-order valence-corrected chi connectivity index (χ2v) is 5.41. The van der Waals surface area contributed by atoms with E-state index < -0.39 is 0 Å². The van der Waals surface area contributed by atoms with Gasteiger partial charge in [-0.2, -0.15) is 0 Å². The third-order valence-electron chi connectivity index (χ3n) is 2.72. The van der Waals surface area contributed by atoms with E-state index in [1.807, 2.05) is 25.2 Å². The predicted octanol–water partition coefficient (Wildman–Crippen LogP) is 4.24. The van der Waals surface area contributed by atoms with E-state index in [2.05, 4.69) is 12.2 Å². The van der Waals surface area contributed by atoms with Crippen molar-refractivity contribution in [1.29, 1.82) is 0 Å². The topological polar surface area (TPSA) is 29.1 Å². The van der Waals surface area contributed by atoms with E-state index in [4.69, 9.17) is 11.6 Å². The van der Waals surface area contributed by atoms with E-state index in [1.54, 1.807) is 23.5 Å². The van der Waals surface area contributed by atoms with Crippen molar-refractivity contribution < 1.29 is 4.79 Å². The second kappa shape index (κ2) is 5.55. The lowest BCUT2D eigenvalue weighted by Crippen LogP contribution is -2.03. The molecule has 2 rings (SSSR count). The molecule has 0 amide bonds. The Morgan fingerprint density at radius 3 is 2.67 bits per heavy atom. The lowest BCUT2D eigenvalue weighted by molar-refractivity contribution is 0.104. The maximum atomic E-state index is 12.5. The van der Waals surface area contributed by atoms with Crippen LogP contribution in [-0.2, 0) is 6.42 Å². The Bertz CT molecular complexity index is 577. The van der Waals surface area contributed by atoms with Gasteiger partial charge in [0.15, 0.2) is 5.78 Å². The highest BCUT2D eigenvalue weighted by Gasteiger charge is 2.18. The molecule has 0 spiro atoms. The van der Waals surface area contributed by atoms with Crippen LogP contribution in [0.1, 0.15) is 27.7 Å². The molecule has 0 bridgehead atoms. The van der Waals surface area contributed by atoms with Crippen LogP contribution in [0, 0.1) is 0 Å². The Morgan fingerprint density at radius 1 is 1.33 bits per heavy atom. The van der Waals surface area contributed by atoms with Crippen molar-refractivity contribution in [2.45, 2.75) is 13.3 Å². The zero-order valence-electron chi connectivity index (χ0n) is 10.3. The zero-order chi connectivity index (χ0) is 13.1. The molecule has 0 atom stereocenters. The molecule has 0 aliphatic rings. The average Bonchev–Trinajstić information content (AvgIpc) is 2.82. The molecule has 2 aromatic rings. The molecular formula is C14H14ClNOS. The number of anilines is 1. The Balaban J connectivity index is 2.46. The first kappa shape index (κ1) is 13.1. The van der Waals surface area contributed by atoms with Gasteiger partial charge in [-0.25, -0.2) is 0 Å². The van der Waals surface area contributed by atoms with Crippen LogP contribution in [0.15, 0.2) is 30.3 Å². The van der Waals surface area contributed by atoms with Crippen LogP contribution < -0.4 is 5.32 Å². The van der Waals surface area contributed by atoms with E-state index in [0.717, 1.165) is 11.4 Å². The number of hydrogen-bond acceptors (Lipinski definition) is 3. The molecule has 18 heavy (non-hydrogen) atoms. The first-order chi connectivity index (χ1) is 8.67. The Kier molecular flexibility index (Phi) is 4.04. The summed E-state index contributed by atoms with van der Waals surface area (Å²) in [6.07, 6.45) is 0.926. The molecule has 2 nitrogen and oxygen atoms in total. The van der Waals surface area contributed by atoms with Crippen molar-refractivity contribution in [2.75, 3.05) is 12.4 Å². The Hall–Kier alpha value is -1.32. The summed E-state index contributed by atoms with van der Waals surface area (Å²) in [5.74, 6) is -0.0269. The van der Waals surface area contributed by atoms with E-state index in [9.17, 15) is 4.79 Å². The van der Waals surface area contributed by atoms with Gasteiger partial charge in [0.25, 0.3) is 0 Å². The quantitative estimate of drug-likeness (QED) is 0.848. The van der Waals surface area contributed by atoms with E-state index in [1.165, 1.54) is 4.88 Å². The summed E-state index contributed by atoms with van der Waals surface area (Å²) in [6.45, 7) is 2.08. The highest BCUT2D eigenvalue weighted by atomic mass is 35.5. The van der Waals surface area contributed by atoms with Crippen LogP contribution in [0.3, 0.4) is 0 Å². The van der Waals surface area contributed by atoms with Gasteiger partial charge < -0.3 is 5.32 Å². The average molecular weight is 280 g/mol. The lowest BCUT2D eigenvalue weighted by atomic mass is 10.0. The number of carbonyl (C=O) groups is 1. The lowest BCUT2D eigenvalue weighted by Gasteiger charge is -2.04. The van der Waals surface area contributed by atoms with Crippen molar-refractivity contribution >= 4 is 33.7 Å². The third kappa shape index (κ3) is 2.42. The van der Waals surface area contributed by atoms with Crippen molar-refractivity contribution in [2.24, 2.45) is 0 Å². The second-order valence-electron chi connectivity index (χ2n) is 3.87. The Morgan fingerprint density at radius 2 is 2.06 bits per heavy atom. The van der Waals surface area contributed by atoms with Crippen LogP contribution in [0.25, 0.3) is 0 Å². The van der Waals surface area contributed by atoms with Gasteiger partial charge in [-0.05, 0) is 24.6 Å². The molecule has 1 aromatic carbocycles. The summed E-state index contributed by atoms with van der Waals surface area (Å²) in [6, 6.07) is 9.09. The van der Waals surface area contributed by atoms with Gasteiger partial charge in [-0.1, -0.05) is 30.7 Å². The summed E-state index contributed by atoms with van der Waals surface area (Å²) in [4.78, 5) is 13.6. The fourth-order valence-electron chi connectivity index (χ4n) is 1.76. The highest BCUT2D eigenvalue weighted by molar-refractivity contribution is 7.16. The molecule has 0 radical (unpaired) electrons. The number of thiophene rings is 1. The molecule has 0 saturated heterocycles. The van der Waals surface area contributed by atoms with E-state index >= 15 is 0 Å². The smallest absolute Gasteiger partial charge is 0.197 e. The largest absolute Gasteiger partial charge is 0.379 e. The minimum Gasteiger partial charge on any atom is -0.379 e. The first-order valence-electron chi connectivity index (χ1n) is 5.77. The summed E-state index contributed by atoms with van der Waals surface area (Å²) in [7, 11) is 1.83. The predicted molar refractivity (Wildman–Crippen MR) is 78.1 cm³/mol. The minimum atomic E-state index is -0.0269. The maximum Gasteiger partial charge on any atom is 0.197 e. The number of aryl methyl sites for hydroxylation is 1. The van der Waals surface area contributed by atoms with Gasteiger partial charge in [-0.15, -0.1) is 11.3 Å². The molecule has 0 aliphatic carbocycles. The third-order valence-corrected chi connectivity index (χ3v) is 4.35. The molecule has 0 unspecified atom stereocenters. The number of hydrogen-bond donors (Lipinski definition) is 1. The number of rotatable bonds is 4. The van der Waals surface area contributed by atoms with Crippen molar-refractivity contribution in [3.8, 4) is 0 Å². The van der Waals surface area contributed by atoms with Crippen molar-refractivity contribution in [3.05, 3.63) is 51.4 Å². The van der Waals surface area contributed by atoms with Gasteiger partial charge in [-0.3, -0.25) is 4.79 Å². The Labute approximate surface area is 116 Å². The number of benzene rings is 1. The molecule has 94 valence electrons. The monoisotopic (exact) mass is 279 g/mol. The SMILES string of the molecule is CCc1cc(C(=O)c2ccccc2Cl)c(NC)s1. The molecular weight excluding hydrogens is 266 g/mol. The van der Waals surface area contributed by atoms with Crippen LogP contribution in [0.4, 0.5) is 5.00 Å². The molecule has 1 heterocycles. The summed E-state index contributed by atoms with van der Waals surface area (Å²) >= 11 is 7.68. The van der Waals surface area contributed by atoms with Crippen LogP contribution >= 0.6 is 22.9 Å². The summed E-state index contributed by atoms with van der Waals surface area (Å²) < 4.78 is 0. The molecule has 1 aromatic heterocycles. The standard InChI is InChI=1S/C14H14ClNOS/c1-3-9-8-11(14(16-2)18-9)13(17)10-6-4-5-7-12(10)15/h4-8,16H,3H2,1-2H3. The number of nitrogens with one attached hydrogen (secondary N) is 1. The normalized spacial score (nSPS) is 10.4. The number of ketones is 1. The van der Waals surface area contributed by atoms with Crippen molar-refractivity contribution in [1.82, 2.24) is 0 Å². The van der Waals surface area contributed by atoms with E-state index in [-0.39, 0.29) is 5.78 Å². The molecule has 1 N–H and O–H groups in total. The van der Waals surface area contributed by atoms with Gasteiger partial charge in [0, 0.05) is 17.5 Å². The van der Waals surface area contributed by atoms with Crippen LogP contribution in [0.2, 0.25) is 5.02 Å². The summed E-state index contributed by atoms with van der Waals surface area (Å²) in [5, 5.41) is 4.47. The van der Waals surface area contributed by atoms with Crippen LogP contribution in [0.5, 0.6) is 0 Å². The fourth-order valence-corrected chi connectivity index (χ4v) is 2.93. The molecule has 0 saturated carbocycles. The fraction of sp³-hybridized carbons (Fsp3) is 0.214.